The molecule has 23 nitrogen and oxygen atoms in total. The highest BCUT2D eigenvalue weighted by Gasteiger charge is 2.48. The Morgan fingerprint density at radius 1 is 0.616 bits per heavy atom. The summed E-state index contributed by atoms with van der Waals surface area (Å²) >= 11 is 1.88. The monoisotopic (exact) mass is 1360 g/mol. The fraction of sp³-hybridized carbons (Fsp3) is 0.397. The average Bonchev–Trinajstić information content (AvgIpc) is 1.69. The Balaban J connectivity index is 0.766. The minimum absolute atomic E-state index is 0.0424. The van der Waals surface area contributed by atoms with E-state index in [4.69, 9.17) is 14.2 Å². The number of anilines is 4. The number of aliphatic hydroxyl groups excluding tert-OH is 1. The van der Waals surface area contributed by atoms with Crippen LogP contribution in [0.2, 0.25) is 0 Å². The molecule has 10 aromatic rings. The third-order valence-electron chi connectivity index (χ3n) is 20.1. The number of aliphatic hydroxyl groups is 1. The zero-order chi connectivity index (χ0) is 68.4. The van der Waals surface area contributed by atoms with Gasteiger partial charge in [-0.05, 0) is 143 Å². The Morgan fingerprint density at radius 2 is 1.20 bits per heavy atom. The van der Waals surface area contributed by atoms with Gasteiger partial charge in [-0.15, -0.1) is 11.8 Å². The number of rotatable bonds is 24. The van der Waals surface area contributed by atoms with E-state index in [0.717, 1.165) is 85.0 Å². The number of nitrogens with zero attached hydrogens (tertiary/aromatic N) is 17. The van der Waals surface area contributed by atoms with Crippen molar-refractivity contribution in [2.75, 3.05) is 98.8 Å². The predicted molar refractivity (Wildman–Crippen MR) is 377 cm³/mol. The second-order valence-electron chi connectivity index (χ2n) is 26.3. The Kier molecular flexibility index (Phi) is 19.3. The van der Waals surface area contributed by atoms with Crippen LogP contribution in [0.5, 0.6) is 11.5 Å². The van der Waals surface area contributed by atoms with Crippen LogP contribution in [0.3, 0.4) is 0 Å². The van der Waals surface area contributed by atoms with Crippen molar-refractivity contribution in [1.29, 1.82) is 0 Å². The van der Waals surface area contributed by atoms with E-state index >= 15 is 4.39 Å². The van der Waals surface area contributed by atoms with Gasteiger partial charge >= 0.3 is 11.4 Å². The fourth-order valence-electron chi connectivity index (χ4n) is 14.6. The second-order valence-corrected chi connectivity index (χ2v) is 27.9. The van der Waals surface area contributed by atoms with E-state index in [1.807, 2.05) is 75.0 Å². The minimum atomic E-state index is -1.20. The van der Waals surface area contributed by atoms with E-state index in [2.05, 4.69) is 141 Å². The molecule has 8 atom stereocenters. The van der Waals surface area contributed by atoms with Crippen molar-refractivity contribution in [3.63, 3.8) is 0 Å². The number of hydrogen-bond acceptors (Lipinski definition) is 18. The lowest BCUT2D eigenvalue weighted by atomic mass is 9.87. The largest absolute Gasteiger partial charge is 0.493 e. The molecule has 0 saturated carbocycles. The lowest BCUT2D eigenvalue weighted by molar-refractivity contribution is -0.0236. The minimum Gasteiger partial charge on any atom is -0.493 e. The van der Waals surface area contributed by atoms with E-state index in [-0.39, 0.29) is 60.0 Å². The van der Waals surface area contributed by atoms with Crippen LogP contribution in [0.25, 0.3) is 11.4 Å². The molecule has 26 heteroatoms. The van der Waals surface area contributed by atoms with Crippen molar-refractivity contribution in [3.05, 3.63) is 226 Å². The summed E-state index contributed by atoms with van der Waals surface area (Å²) in [6, 6.07) is 44.4. The first-order chi connectivity index (χ1) is 48.2. The number of likely N-dealkylation sites (N-methyl/N-ethyl adjacent to an activating group) is 1. The van der Waals surface area contributed by atoms with Crippen LogP contribution in [0, 0.1) is 17.6 Å². The van der Waals surface area contributed by atoms with Gasteiger partial charge in [0.05, 0.1) is 91.9 Å². The van der Waals surface area contributed by atoms with Crippen molar-refractivity contribution in [3.8, 4) is 22.9 Å². The highest BCUT2D eigenvalue weighted by atomic mass is 32.2. The van der Waals surface area contributed by atoms with Gasteiger partial charge in [-0.25, -0.2) is 36.9 Å². The summed E-state index contributed by atoms with van der Waals surface area (Å²) < 4.78 is 56.9. The number of hydrogen-bond donors (Lipinski definition) is 1. The summed E-state index contributed by atoms with van der Waals surface area (Å²) in [5, 5.41) is 37.0. The quantitative estimate of drug-likeness (QED) is 0.0598. The molecule has 6 aromatic carbocycles. The lowest BCUT2D eigenvalue weighted by Crippen LogP contribution is -2.49. The average molecular weight is 1360 g/mol. The summed E-state index contributed by atoms with van der Waals surface area (Å²) in [5.41, 5.74) is 6.18. The normalized spacial score (nSPS) is 21.5. The van der Waals surface area contributed by atoms with Crippen LogP contribution in [-0.2, 0) is 28.3 Å². The molecule has 0 bridgehead atoms. The molecule has 2 unspecified atom stereocenters. The van der Waals surface area contributed by atoms with Gasteiger partial charge in [0.15, 0.2) is 0 Å². The SMILES string of the molecule is CCC(C)n1ncn(-c2ccc(N3CCN(c4ccc(OC[C@H]5CN(C)[C@](Cn6nccn6)(c6ccccc6)S5)cc4)C(c4cc(N5CCN(c6ccc(-n7cnn([C@@H](CC)[C@H](C)O)c7=O)cc6)CC5)ccc4OC[C@H]4CO[C@](Cn5nccn5)(c5ccc(F)cc5F)C4)C3)cc2)c1=O. The zero-order valence-electron chi connectivity index (χ0n) is 56.3. The second kappa shape index (κ2) is 28.7. The van der Waals surface area contributed by atoms with E-state index in [9.17, 15) is 19.1 Å². The maximum atomic E-state index is 15.9. The molecule has 0 amide bonds. The van der Waals surface area contributed by atoms with Gasteiger partial charge in [0.2, 0.25) is 0 Å². The number of benzene rings is 6. The molecule has 4 aliphatic heterocycles. The van der Waals surface area contributed by atoms with Gasteiger partial charge in [-0.2, -0.15) is 40.2 Å². The number of piperazine rings is 2. The summed E-state index contributed by atoms with van der Waals surface area (Å²) in [6.07, 6.45) is 10.6. The van der Waals surface area contributed by atoms with Crippen molar-refractivity contribution in [1.82, 2.24) is 63.6 Å². The van der Waals surface area contributed by atoms with Crippen LogP contribution in [-0.4, -0.2) is 159 Å². The van der Waals surface area contributed by atoms with Gasteiger partial charge < -0.3 is 38.9 Å². The lowest BCUT2D eigenvalue weighted by Gasteiger charge is -2.45. The van der Waals surface area contributed by atoms with Gasteiger partial charge in [-0.3, -0.25) is 4.90 Å². The van der Waals surface area contributed by atoms with Gasteiger partial charge in [-0.1, -0.05) is 50.2 Å². The van der Waals surface area contributed by atoms with Crippen LogP contribution >= 0.6 is 11.8 Å². The topological polar surface area (TPSA) is 205 Å². The van der Waals surface area contributed by atoms with E-state index in [0.29, 0.717) is 57.1 Å². The van der Waals surface area contributed by atoms with Crippen LogP contribution < -0.4 is 40.5 Å². The van der Waals surface area contributed by atoms with Gasteiger partial charge in [0.25, 0.3) is 0 Å². The Labute approximate surface area is 577 Å². The number of aromatic nitrogens is 12. The molecular formula is C73H83F2N17O6S. The Hall–Kier alpha value is -9.63. The predicted octanol–water partition coefficient (Wildman–Crippen LogP) is 9.53. The number of thioether (sulfide) groups is 1. The first-order valence-corrected chi connectivity index (χ1v) is 35.0. The van der Waals surface area contributed by atoms with E-state index in [1.165, 1.54) is 42.8 Å². The molecular weight excluding hydrogens is 1280 g/mol. The summed E-state index contributed by atoms with van der Waals surface area (Å²) in [7, 11) is 2.16. The molecule has 14 rings (SSSR count). The summed E-state index contributed by atoms with van der Waals surface area (Å²) in [5.74, 6) is -0.133. The Morgan fingerprint density at radius 3 is 1.84 bits per heavy atom. The molecule has 0 radical (unpaired) electrons. The third-order valence-corrected chi connectivity index (χ3v) is 21.8. The van der Waals surface area contributed by atoms with Crippen LogP contribution in [0.4, 0.5) is 31.5 Å². The molecule has 0 aliphatic carbocycles. The highest BCUT2D eigenvalue weighted by Crippen LogP contribution is 2.49. The molecule has 4 aliphatic rings. The van der Waals surface area contributed by atoms with Crippen LogP contribution in [0.15, 0.2) is 187 Å². The molecule has 4 fully saturated rings. The molecule has 1 N–H and O–H groups in total. The van der Waals surface area contributed by atoms with Crippen molar-refractivity contribution in [2.24, 2.45) is 5.92 Å². The first kappa shape index (κ1) is 66.6. The zero-order valence-corrected chi connectivity index (χ0v) is 57.1. The maximum Gasteiger partial charge on any atom is 0.350 e. The maximum absolute atomic E-state index is 15.9. The van der Waals surface area contributed by atoms with E-state index in [1.54, 1.807) is 47.4 Å². The van der Waals surface area contributed by atoms with Gasteiger partial charge in [0, 0.05) is 98.2 Å². The van der Waals surface area contributed by atoms with Crippen molar-refractivity contribution in [2.45, 2.75) is 100.0 Å². The molecule has 4 saturated heterocycles. The third kappa shape index (κ3) is 13.7. The Bertz CT molecular complexity index is 4450. The standard InChI is InChI=1S/C73H83F2N17O6S/c1-6-51(3)91-70(94)87(49-80-91)59-20-16-57(17-21-59)85-37-38-86(58-22-25-62(26-23-58)96-46-63-42-82(5)73(99-63,48-90-78-31-32-79-90)54-11-9-8-10-12-54)68(43-85)64-40-61(84-35-33-83(34-36-84)56-14-18-60(19-15-56)88-50-81-92(71(88)95)67(7-2)52(4)93)24-28-69(64)97-44-53-41-72(98-45-53,47-89-76-29-30-77-89)65-27-13-55(74)39-66(65)75/h8-32,39-40,49-53,63,67-68,93H,6-7,33-38,41-48H2,1-5H3/t51?,52-,53-,63+,67-,68?,72+,73-/m0/s1. The first-order valence-electron chi connectivity index (χ1n) is 34.1. The summed E-state index contributed by atoms with van der Waals surface area (Å²) in [4.78, 5) is 42.0. The van der Waals surface area contributed by atoms with E-state index < -0.39 is 34.3 Å². The molecule has 8 heterocycles. The van der Waals surface area contributed by atoms with Crippen molar-refractivity contribution < 1.29 is 28.1 Å². The summed E-state index contributed by atoms with van der Waals surface area (Å²) in [6.45, 7) is 14.9. The molecule has 99 heavy (non-hydrogen) atoms. The molecule has 516 valence electrons. The smallest absolute Gasteiger partial charge is 0.350 e. The number of ether oxygens (including phenoxy) is 3. The molecule has 4 aromatic heterocycles. The fourth-order valence-corrected chi connectivity index (χ4v) is 16.3. The number of halogens is 2. The molecule has 0 spiro atoms. The van der Waals surface area contributed by atoms with Crippen LogP contribution in [0.1, 0.15) is 81.8 Å². The van der Waals surface area contributed by atoms with Gasteiger partial charge in [0.1, 0.15) is 52.9 Å². The van der Waals surface area contributed by atoms with Crippen molar-refractivity contribution >= 4 is 34.5 Å². The highest BCUT2D eigenvalue weighted by molar-refractivity contribution is 8.01.